The molecule has 50 heavy (non-hydrogen) atoms. The van der Waals surface area contributed by atoms with Crippen LogP contribution in [0.15, 0.2) is 67.1 Å². The molecule has 0 radical (unpaired) electrons. The number of nitrogens with zero attached hydrogens (tertiary/aromatic N) is 5. The summed E-state index contributed by atoms with van der Waals surface area (Å²) < 4.78 is 86.1. The molecule has 0 aliphatic heterocycles. The number of rotatable bonds is 12. The molecular formula is C32H32F4N8O5S. The van der Waals surface area contributed by atoms with Crippen LogP contribution in [0.4, 0.5) is 33.7 Å². The van der Waals surface area contributed by atoms with Crippen molar-refractivity contribution in [1.82, 2.24) is 29.7 Å². The van der Waals surface area contributed by atoms with Gasteiger partial charge in [-0.05, 0) is 67.8 Å². The number of carbonyl (C=O) groups excluding carboxylic acids is 3. The van der Waals surface area contributed by atoms with Crippen molar-refractivity contribution in [3.8, 4) is 0 Å². The van der Waals surface area contributed by atoms with Crippen molar-refractivity contribution < 1.29 is 40.4 Å². The molecule has 0 unspecified atom stereocenters. The van der Waals surface area contributed by atoms with Gasteiger partial charge in [-0.3, -0.25) is 14.6 Å². The monoisotopic (exact) mass is 716 g/mol. The molecule has 4 rings (SSSR count). The number of benzene rings is 2. The molecule has 3 N–H and O–H groups in total. The molecule has 2 aromatic carbocycles. The van der Waals surface area contributed by atoms with Gasteiger partial charge in [0, 0.05) is 38.3 Å². The van der Waals surface area contributed by atoms with Crippen LogP contribution >= 0.6 is 0 Å². The van der Waals surface area contributed by atoms with Crippen molar-refractivity contribution in [2.24, 2.45) is 0 Å². The van der Waals surface area contributed by atoms with Gasteiger partial charge < -0.3 is 15.1 Å². The van der Waals surface area contributed by atoms with Gasteiger partial charge in [-0.1, -0.05) is 0 Å². The van der Waals surface area contributed by atoms with Crippen LogP contribution < -0.4 is 24.6 Å². The first-order chi connectivity index (χ1) is 23.5. The average molecular weight is 717 g/mol. The summed E-state index contributed by atoms with van der Waals surface area (Å²) in [5, 5.41) is 2.21. The highest BCUT2D eigenvalue weighted by atomic mass is 32.2. The van der Waals surface area contributed by atoms with Crippen molar-refractivity contribution in [1.29, 1.82) is 0 Å². The number of urea groups is 1. The highest BCUT2D eigenvalue weighted by Gasteiger charge is 2.32. The predicted molar refractivity (Wildman–Crippen MR) is 174 cm³/mol. The highest BCUT2D eigenvalue weighted by Crippen LogP contribution is 2.17. The molecule has 264 valence electrons. The molecule has 0 saturated carbocycles. The van der Waals surface area contributed by atoms with Crippen molar-refractivity contribution in [2.45, 2.75) is 38.8 Å². The number of amides is 4. The third kappa shape index (κ3) is 10.3. The Morgan fingerprint density at radius 1 is 0.700 bits per heavy atom. The summed E-state index contributed by atoms with van der Waals surface area (Å²) in [5.74, 6) is -5.19. The molecule has 0 bridgehead atoms. The second-order valence-corrected chi connectivity index (χ2v) is 12.7. The van der Waals surface area contributed by atoms with Crippen LogP contribution in [0.1, 0.15) is 22.6 Å². The van der Waals surface area contributed by atoms with Gasteiger partial charge in [0.05, 0.1) is 30.0 Å². The van der Waals surface area contributed by atoms with E-state index >= 15 is 0 Å². The number of nitrogens with one attached hydrogen (secondary N) is 3. The summed E-state index contributed by atoms with van der Waals surface area (Å²) in [6.07, 6.45) is 2.94. The van der Waals surface area contributed by atoms with E-state index in [1.807, 2.05) is 4.72 Å². The van der Waals surface area contributed by atoms with Crippen LogP contribution in [0.25, 0.3) is 0 Å². The Morgan fingerprint density at radius 3 is 1.66 bits per heavy atom. The number of pyridine rings is 1. The van der Waals surface area contributed by atoms with Gasteiger partial charge in [0.1, 0.15) is 41.2 Å². The van der Waals surface area contributed by atoms with E-state index in [2.05, 4.69) is 20.3 Å². The lowest BCUT2D eigenvalue weighted by molar-refractivity contribution is -0.120. The van der Waals surface area contributed by atoms with Crippen LogP contribution in [0.2, 0.25) is 0 Å². The van der Waals surface area contributed by atoms with Gasteiger partial charge in [-0.25, -0.2) is 37.0 Å². The molecule has 0 fully saturated rings. The predicted octanol–water partition coefficient (Wildman–Crippen LogP) is 3.03. The van der Waals surface area contributed by atoms with E-state index in [-0.39, 0.29) is 16.8 Å². The SMILES string of the molecule is Cc1ccc(N(C)C(=O)[C@H](Cc2cc(F)cc(F)c2)NC(=O)NS(=O)(=O)N[C@@H](Cc2cc(F)cc(F)c2)C(=O)N(C)c2cnc(C)nc2)cn1. The Morgan fingerprint density at radius 2 is 1.16 bits per heavy atom. The van der Waals surface area contributed by atoms with Crippen molar-refractivity contribution in [3.63, 3.8) is 0 Å². The number of anilines is 2. The second-order valence-electron chi connectivity index (χ2n) is 11.2. The molecule has 4 aromatic rings. The first-order valence-electron chi connectivity index (χ1n) is 14.8. The first-order valence-corrected chi connectivity index (χ1v) is 16.2. The number of aromatic nitrogens is 3. The number of aryl methyl sites for hydroxylation is 2. The Bertz CT molecular complexity index is 1950. The van der Waals surface area contributed by atoms with E-state index in [0.29, 0.717) is 29.3 Å². The second kappa shape index (κ2) is 15.8. The van der Waals surface area contributed by atoms with E-state index in [0.717, 1.165) is 34.1 Å². The fourth-order valence-electron chi connectivity index (χ4n) is 4.77. The maximum Gasteiger partial charge on any atom is 0.330 e. The van der Waals surface area contributed by atoms with E-state index in [9.17, 15) is 40.4 Å². The normalized spacial score (nSPS) is 12.5. The number of halogens is 4. The van der Waals surface area contributed by atoms with Crippen LogP contribution in [-0.4, -0.2) is 67.4 Å². The van der Waals surface area contributed by atoms with Crippen LogP contribution in [0.5, 0.6) is 0 Å². The molecule has 4 amide bonds. The van der Waals surface area contributed by atoms with Gasteiger partial charge in [-0.2, -0.15) is 13.1 Å². The molecule has 18 heteroatoms. The van der Waals surface area contributed by atoms with Crippen molar-refractivity contribution in [3.05, 3.63) is 113 Å². The number of hydrogen-bond acceptors (Lipinski definition) is 8. The minimum Gasteiger partial charge on any atom is -0.325 e. The molecule has 0 aliphatic carbocycles. The Hall–Kier alpha value is -5.49. The molecule has 2 heterocycles. The summed E-state index contributed by atoms with van der Waals surface area (Å²) in [6, 6.07) is 3.31. The summed E-state index contributed by atoms with van der Waals surface area (Å²) in [4.78, 5) is 54.4. The van der Waals surface area contributed by atoms with Crippen LogP contribution in [-0.2, 0) is 32.6 Å². The zero-order valence-corrected chi connectivity index (χ0v) is 27.9. The maximum atomic E-state index is 14.0. The van der Waals surface area contributed by atoms with Gasteiger partial charge in [-0.15, -0.1) is 0 Å². The van der Waals surface area contributed by atoms with Crippen molar-refractivity contribution in [2.75, 3.05) is 23.9 Å². The fourth-order valence-corrected chi connectivity index (χ4v) is 5.69. The van der Waals surface area contributed by atoms with Crippen LogP contribution in [0, 0.1) is 37.1 Å². The highest BCUT2D eigenvalue weighted by molar-refractivity contribution is 7.88. The summed E-state index contributed by atoms with van der Waals surface area (Å²) in [6.45, 7) is 3.32. The van der Waals surface area contributed by atoms with Crippen molar-refractivity contribution >= 4 is 39.4 Å². The van der Waals surface area contributed by atoms with Gasteiger partial charge in [0.2, 0.25) is 11.8 Å². The fraction of sp³-hybridized carbons (Fsp3) is 0.250. The summed E-state index contributed by atoms with van der Waals surface area (Å²) in [5.41, 5.74) is 0.973. The zero-order chi connectivity index (χ0) is 36.7. The molecule has 2 atom stereocenters. The standard InChI is InChI=1S/C32H32F4N8O5S/c1-18-5-6-26(15-37-18)43(3)30(45)28(11-20-7-22(33)13-23(34)8-20)40-32(47)42-50(48,49)41-29(12-21-9-24(35)14-25(36)10-21)31(46)44(4)27-16-38-19(2)39-17-27/h5-10,13-17,28-29,41H,11-12H2,1-4H3,(H2,40,42,47)/t28-,29-/m0/s1. The number of likely N-dealkylation sites (N-methyl/N-ethyl adjacent to an activating group) is 2. The smallest absolute Gasteiger partial charge is 0.325 e. The third-order valence-corrected chi connectivity index (χ3v) is 8.30. The topological polar surface area (TPSA) is 167 Å². The largest absolute Gasteiger partial charge is 0.330 e. The van der Waals surface area contributed by atoms with E-state index in [1.54, 1.807) is 30.7 Å². The van der Waals surface area contributed by atoms with E-state index in [1.165, 1.54) is 32.7 Å². The first kappa shape index (κ1) is 37.3. The minimum atomic E-state index is -4.96. The average Bonchev–Trinajstić information content (AvgIpc) is 3.02. The number of hydrogen-bond donors (Lipinski definition) is 3. The Labute approximate surface area is 284 Å². The number of carbonyl (C=O) groups is 3. The molecule has 13 nitrogen and oxygen atoms in total. The molecule has 0 spiro atoms. The van der Waals surface area contributed by atoms with Gasteiger partial charge in [0.25, 0.3) is 0 Å². The Kier molecular flexibility index (Phi) is 11.8. The van der Waals surface area contributed by atoms with E-state index < -0.39 is 76.2 Å². The minimum absolute atomic E-state index is 0.0336. The lowest BCUT2D eigenvalue weighted by Crippen LogP contribution is -2.57. The Balaban J connectivity index is 1.58. The summed E-state index contributed by atoms with van der Waals surface area (Å²) in [7, 11) is -2.31. The summed E-state index contributed by atoms with van der Waals surface area (Å²) >= 11 is 0. The molecule has 2 aromatic heterocycles. The molecule has 0 saturated heterocycles. The lowest BCUT2D eigenvalue weighted by Gasteiger charge is -2.26. The maximum absolute atomic E-state index is 14.0. The molecule has 0 aliphatic rings. The lowest BCUT2D eigenvalue weighted by atomic mass is 10.0. The molecular weight excluding hydrogens is 684 g/mol. The van der Waals surface area contributed by atoms with Gasteiger partial charge in [0.15, 0.2) is 0 Å². The third-order valence-electron chi connectivity index (χ3n) is 7.25. The zero-order valence-electron chi connectivity index (χ0n) is 27.1. The van der Waals surface area contributed by atoms with E-state index in [4.69, 9.17) is 0 Å². The van der Waals surface area contributed by atoms with Gasteiger partial charge >= 0.3 is 16.2 Å². The van der Waals surface area contributed by atoms with Crippen LogP contribution in [0.3, 0.4) is 0 Å². The quantitative estimate of drug-likeness (QED) is 0.188.